The van der Waals surface area contributed by atoms with E-state index in [0.29, 0.717) is 18.4 Å². The normalized spacial score (nSPS) is 14.3. The Kier molecular flexibility index (Phi) is 1.55. The second kappa shape index (κ2) is 2.88. The average Bonchev–Trinajstić information content (AvgIpc) is 2.83. The molecule has 6 nitrogen and oxygen atoms in total. The molecule has 3 rings (SSSR count). The molecule has 3 N–H and O–H groups in total. The zero-order valence-electron chi connectivity index (χ0n) is 7.84. The molecule has 0 bridgehead atoms. The molecule has 0 fully saturated rings. The van der Waals surface area contributed by atoms with Gasteiger partial charge in [0.05, 0.1) is 12.8 Å². The van der Waals surface area contributed by atoms with Gasteiger partial charge in [0.15, 0.2) is 11.8 Å². The van der Waals surface area contributed by atoms with E-state index >= 15 is 0 Å². The number of nitrogens with two attached hydrogens (primary N) is 1. The maximum Gasteiger partial charge on any atom is 0.206 e. The number of hydrogen-bond acceptors (Lipinski definition) is 5. The van der Waals surface area contributed by atoms with Crippen LogP contribution in [0.25, 0.3) is 5.88 Å². The molecule has 3 heterocycles. The Hall–Kier alpha value is -2.24. The Balaban J connectivity index is 2.16. The number of guanidine groups is 1. The van der Waals surface area contributed by atoms with Gasteiger partial charge in [-0.05, 0) is 6.07 Å². The van der Waals surface area contributed by atoms with Crippen LogP contribution in [0.4, 0.5) is 5.82 Å². The minimum atomic E-state index is 0.399. The molecular formula is C9H9N5O. The van der Waals surface area contributed by atoms with Gasteiger partial charge in [-0.25, -0.2) is 4.98 Å². The van der Waals surface area contributed by atoms with Crippen LogP contribution in [0.5, 0.6) is 0 Å². The van der Waals surface area contributed by atoms with Gasteiger partial charge in [-0.1, -0.05) is 0 Å². The Morgan fingerprint density at radius 2 is 2.47 bits per heavy atom. The van der Waals surface area contributed by atoms with Gasteiger partial charge in [0, 0.05) is 6.07 Å². The third-order valence-corrected chi connectivity index (χ3v) is 2.22. The van der Waals surface area contributed by atoms with E-state index in [9.17, 15) is 0 Å². The molecule has 0 atom stereocenters. The standard InChI is InChI=1S/C9H9N5O/c10-9-11-4-6-8(13-9)14(5-12-6)7-2-1-3-15-7/h1-3,5H,4H2,(H3,10,11,13). The maximum atomic E-state index is 5.60. The van der Waals surface area contributed by atoms with Crippen molar-refractivity contribution in [1.82, 2.24) is 14.9 Å². The van der Waals surface area contributed by atoms with E-state index in [0.717, 1.165) is 11.5 Å². The molecule has 1 aliphatic rings. The lowest BCUT2D eigenvalue weighted by atomic mass is 10.4. The summed E-state index contributed by atoms with van der Waals surface area (Å²) in [5, 5.41) is 2.92. The first-order valence-corrected chi connectivity index (χ1v) is 4.53. The van der Waals surface area contributed by atoms with E-state index in [2.05, 4.69) is 15.3 Å². The topological polar surface area (TPSA) is 81.4 Å². The lowest BCUT2D eigenvalue weighted by molar-refractivity contribution is 0.539. The van der Waals surface area contributed by atoms with Crippen molar-refractivity contribution in [2.75, 3.05) is 0 Å². The van der Waals surface area contributed by atoms with Crippen molar-refractivity contribution < 1.29 is 4.42 Å². The summed E-state index contributed by atoms with van der Waals surface area (Å²) >= 11 is 0. The molecule has 0 unspecified atom stereocenters. The van der Waals surface area contributed by atoms with Crippen LogP contribution < -0.4 is 11.1 Å². The summed E-state index contributed by atoms with van der Waals surface area (Å²) in [6.45, 7) is 0.596. The van der Waals surface area contributed by atoms with Gasteiger partial charge >= 0.3 is 0 Å². The van der Waals surface area contributed by atoms with Gasteiger partial charge in [-0.3, -0.25) is 4.57 Å². The fourth-order valence-electron chi connectivity index (χ4n) is 1.52. The van der Waals surface area contributed by atoms with Crippen molar-refractivity contribution >= 4 is 11.8 Å². The highest BCUT2D eigenvalue weighted by Crippen LogP contribution is 2.24. The van der Waals surface area contributed by atoms with E-state index in [4.69, 9.17) is 10.2 Å². The molecule has 0 spiro atoms. The van der Waals surface area contributed by atoms with Gasteiger partial charge in [-0.15, -0.1) is 0 Å². The Bertz CT molecular complexity index is 511. The first kappa shape index (κ1) is 8.10. The van der Waals surface area contributed by atoms with Crippen LogP contribution in [-0.2, 0) is 6.54 Å². The minimum Gasteiger partial charge on any atom is -0.448 e. The first-order chi connectivity index (χ1) is 7.34. The number of rotatable bonds is 1. The van der Waals surface area contributed by atoms with Gasteiger partial charge < -0.3 is 15.5 Å². The minimum absolute atomic E-state index is 0.399. The van der Waals surface area contributed by atoms with Gasteiger partial charge in [0.25, 0.3) is 0 Å². The monoisotopic (exact) mass is 203 g/mol. The summed E-state index contributed by atoms with van der Waals surface area (Å²) in [6, 6.07) is 3.66. The highest BCUT2D eigenvalue weighted by Gasteiger charge is 2.17. The van der Waals surface area contributed by atoms with Crippen LogP contribution in [-0.4, -0.2) is 15.5 Å². The van der Waals surface area contributed by atoms with Crippen molar-refractivity contribution in [1.29, 1.82) is 0 Å². The average molecular weight is 203 g/mol. The maximum absolute atomic E-state index is 5.60. The smallest absolute Gasteiger partial charge is 0.206 e. The molecule has 0 aliphatic carbocycles. The third-order valence-electron chi connectivity index (χ3n) is 2.22. The van der Waals surface area contributed by atoms with Crippen LogP contribution in [0.15, 0.2) is 34.1 Å². The molecule has 2 aromatic heterocycles. The molecule has 76 valence electrons. The molecule has 1 aliphatic heterocycles. The van der Waals surface area contributed by atoms with Crippen molar-refractivity contribution in [2.45, 2.75) is 6.54 Å². The molecule has 0 amide bonds. The molecule has 15 heavy (non-hydrogen) atoms. The van der Waals surface area contributed by atoms with Crippen LogP contribution in [0, 0.1) is 0 Å². The van der Waals surface area contributed by atoms with Crippen molar-refractivity contribution in [3.63, 3.8) is 0 Å². The second-order valence-corrected chi connectivity index (χ2v) is 3.19. The summed E-state index contributed by atoms with van der Waals surface area (Å²) in [6.07, 6.45) is 3.28. The zero-order chi connectivity index (χ0) is 10.3. The van der Waals surface area contributed by atoms with Gasteiger partial charge in [0.2, 0.25) is 5.88 Å². The highest BCUT2D eigenvalue weighted by molar-refractivity contribution is 5.82. The number of hydrogen-bond donors (Lipinski definition) is 2. The van der Waals surface area contributed by atoms with Gasteiger partial charge in [0.1, 0.15) is 12.0 Å². The molecule has 0 aromatic carbocycles. The fourth-order valence-corrected chi connectivity index (χ4v) is 1.52. The van der Waals surface area contributed by atoms with Crippen LogP contribution in [0.3, 0.4) is 0 Å². The van der Waals surface area contributed by atoms with Crippen molar-refractivity contribution in [2.24, 2.45) is 10.7 Å². The van der Waals surface area contributed by atoms with Crippen molar-refractivity contribution in [3.8, 4) is 5.88 Å². The highest BCUT2D eigenvalue weighted by atomic mass is 16.3. The molecule has 0 radical (unpaired) electrons. The number of imidazole rings is 1. The SMILES string of the molecule is NC1=Nc2c(ncn2-c2ccco2)CN1. The van der Waals surface area contributed by atoms with E-state index < -0.39 is 0 Å². The number of furan rings is 1. The fraction of sp³-hybridized carbons (Fsp3) is 0.111. The molecule has 6 heteroatoms. The Morgan fingerprint density at radius 1 is 1.53 bits per heavy atom. The molecular weight excluding hydrogens is 194 g/mol. The van der Waals surface area contributed by atoms with E-state index in [1.165, 1.54) is 0 Å². The van der Waals surface area contributed by atoms with E-state index in [-0.39, 0.29) is 0 Å². The summed E-state index contributed by atoms with van der Waals surface area (Å²) in [7, 11) is 0. The number of aliphatic imine (C=N–C) groups is 1. The summed E-state index contributed by atoms with van der Waals surface area (Å²) in [5.74, 6) is 1.80. The number of aromatic nitrogens is 2. The Labute approximate surface area is 85.4 Å². The lowest BCUT2D eigenvalue weighted by Gasteiger charge is -2.11. The van der Waals surface area contributed by atoms with Gasteiger partial charge in [-0.2, -0.15) is 4.99 Å². The summed E-state index contributed by atoms with van der Waals surface area (Å²) in [5.41, 5.74) is 6.46. The third kappa shape index (κ3) is 1.18. The number of nitrogens with zero attached hydrogens (tertiary/aromatic N) is 3. The van der Waals surface area contributed by atoms with Crippen molar-refractivity contribution in [3.05, 3.63) is 30.4 Å². The predicted molar refractivity (Wildman–Crippen MR) is 54.0 cm³/mol. The van der Waals surface area contributed by atoms with Crippen LogP contribution in [0.2, 0.25) is 0 Å². The predicted octanol–water partition coefficient (Wildman–Crippen LogP) is 0.515. The molecule has 2 aromatic rings. The lowest BCUT2D eigenvalue weighted by Crippen LogP contribution is -2.33. The van der Waals surface area contributed by atoms with E-state index in [1.54, 1.807) is 17.2 Å². The van der Waals surface area contributed by atoms with Crippen LogP contribution >= 0.6 is 0 Å². The quantitative estimate of drug-likeness (QED) is 0.707. The molecule has 0 saturated carbocycles. The number of nitrogens with one attached hydrogen (secondary N) is 1. The molecule has 0 saturated heterocycles. The van der Waals surface area contributed by atoms with E-state index in [1.807, 2.05) is 12.1 Å². The summed E-state index contributed by atoms with van der Waals surface area (Å²) in [4.78, 5) is 8.41. The number of fused-ring (bicyclic) bond motifs is 1. The zero-order valence-corrected chi connectivity index (χ0v) is 7.84. The Morgan fingerprint density at radius 3 is 3.27 bits per heavy atom. The second-order valence-electron chi connectivity index (χ2n) is 3.19. The first-order valence-electron chi connectivity index (χ1n) is 4.53. The van der Waals surface area contributed by atoms with Crippen LogP contribution in [0.1, 0.15) is 5.69 Å². The summed E-state index contributed by atoms with van der Waals surface area (Å²) < 4.78 is 7.04. The largest absolute Gasteiger partial charge is 0.448 e.